The van der Waals surface area contributed by atoms with Crippen LogP contribution in [0, 0.1) is 25.7 Å². The van der Waals surface area contributed by atoms with E-state index in [0.717, 1.165) is 11.1 Å². The predicted octanol–water partition coefficient (Wildman–Crippen LogP) is 5.43. The lowest BCUT2D eigenvalue weighted by Gasteiger charge is -2.35. The van der Waals surface area contributed by atoms with Crippen molar-refractivity contribution in [2.75, 3.05) is 13.2 Å². The van der Waals surface area contributed by atoms with Gasteiger partial charge in [0, 0.05) is 9.79 Å². The van der Waals surface area contributed by atoms with E-state index in [9.17, 15) is 10.2 Å². The summed E-state index contributed by atoms with van der Waals surface area (Å²) in [5.74, 6) is -0.148. The minimum atomic E-state index is -3.40. The molecule has 0 aromatic heterocycles. The summed E-state index contributed by atoms with van der Waals surface area (Å²) in [7, 11) is -6.80. The molecule has 0 fully saturated rings. The quantitative estimate of drug-likeness (QED) is 0.435. The van der Waals surface area contributed by atoms with Crippen molar-refractivity contribution in [2.45, 2.75) is 81.3 Å². The molecule has 0 amide bonds. The summed E-state index contributed by atoms with van der Waals surface area (Å²) in [5.41, 5.74) is 2.00. The normalized spacial score (nSPS) is 17.5. The van der Waals surface area contributed by atoms with Crippen molar-refractivity contribution in [2.24, 2.45) is 20.6 Å². The molecule has 35 heavy (non-hydrogen) atoms. The molecule has 0 bridgehead atoms. The number of aliphatic hydroxyl groups is 2. The van der Waals surface area contributed by atoms with Gasteiger partial charge in [0.25, 0.3) is 0 Å². The van der Waals surface area contributed by atoms with E-state index in [4.69, 9.17) is 8.73 Å². The van der Waals surface area contributed by atoms with E-state index < -0.39 is 35.6 Å². The van der Waals surface area contributed by atoms with E-state index in [2.05, 4.69) is 0 Å². The van der Waals surface area contributed by atoms with Gasteiger partial charge in [0.05, 0.1) is 44.8 Å². The molecule has 2 N–H and O–H groups in total. The third kappa shape index (κ3) is 5.98. The van der Waals surface area contributed by atoms with Gasteiger partial charge in [0.15, 0.2) is 0 Å². The van der Waals surface area contributed by atoms with E-state index in [1.165, 1.54) is 0 Å². The smallest absolute Gasteiger partial charge is 0.140 e. The molecule has 4 atom stereocenters. The van der Waals surface area contributed by atoms with Crippen LogP contribution in [-0.2, 0) is 19.5 Å². The Morgan fingerprint density at radius 2 is 0.971 bits per heavy atom. The third-order valence-corrected chi connectivity index (χ3v) is 13.5. The number of aliphatic hydroxyl groups excluding tert-OH is 2. The standard InChI is InChI=1S/C27H42N2O4S2/c1-19(2)25(17-30)28-34(32,23-13-9-21(5)10-14-23)27(7,8)35(33,29-26(18-31)20(3)4)24-15-11-22(6)12-16-24/h9-16,19-20,25-26,30-31H,17-18H2,1-8H3/t25-,26-,34?,35?/m1/s1. The van der Waals surface area contributed by atoms with Crippen LogP contribution in [0.3, 0.4) is 0 Å². The highest BCUT2D eigenvalue weighted by atomic mass is 32.3. The molecule has 196 valence electrons. The van der Waals surface area contributed by atoms with Crippen LogP contribution in [0.1, 0.15) is 52.7 Å². The summed E-state index contributed by atoms with van der Waals surface area (Å²) in [6, 6.07) is 13.3. The van der Waals surface area contributed by atoms with Crippen LogP contribution in [0.5, 0.6) is 0 Å². The summed E-state index contributed by atoms with van der Waals surface area (Å²) in [6.45, 7) is 14.4. The Kier molecular flexibility index (Phi) is 9.73. The van der Waals surface area contributed by atoms with Crippen molar-refractivity contribution in [3.63, 3.8) is 0 Å². The van der Waals surface area contributed by atoms with Crippen molar-refractivity contribution in [1.82, 2.24) is 0 Å². The second-order valence-electron chi connectivity index (χ2n) is 10.3. The van der Waals surface area contributed by atoms with Crippen LogP contribution in [0.2, 0.25) is 0 Å². The Hall–Kier alpha value is -1.74. The van der Waals surface area contributed by atoms with Crippen molar-refractivity contribution in [3.8, 4) is 0 Å². The van der Waals surface area contributed by atoms with Gasteiger partial charge in [-0.05, 0) is 63.8 Å². The lowest BCUT2D eigenvalue weighted by atomic mass is 10.1. The van der Waals surface area contributed by atoms with E-state index in [1.807, 2.05) is 65.8 Å². The fourth-order valence-electron chi connectivity index (χ4n) is 3.65. The largest absolute Gasteiger partial charge is 0.394 e. The fraction of sp³-hybridized carbons (Fsp3) is 0.556. The molecule has 2 unspecified atom stereocenters. The molecule has 0 saturated heterocycles. The van der Waals surface area contributed by atoms with Gasteiger partial charge in [-0.2, -0.15) is 0 Å². The Morgan fingerprint density at radius 1 is 0.686 bits per heavy atom. The number of hydrogen-bond acceptors (Lipinski definition) is 6. The highest BCUT2D eigenvalue weighted by Gasteiger charge is 2.46. The van der Waals surface area contributed by atoms with Gasteiger partial charge in [-0.25, -0.2) is 17.1 Å². The first-order valence-electron chi connectivity index (χ1n) is 12.1. The van der Waals surface area contributed by atoms with Crippen molar-refractivity contribution in [1.29, 1.82) is 0 Å². The number of benzene rings is 2. The maximum atomic E-state index is 15.1. The molecule has 2 aromatic carbocycles. The highest BCUT2D eigenvalue weighted by Crippen LogP contribution is 2.40. The van der Waals surface area contributed by atoms with Crippen LogP contribution < -0.4 is 0 Å². The minimum Gasteiger partial charge on any atom is -0.394 e. The van der Waals surface area contributed by atoms with Gasteiger partial charge in [-0.15, -0.1) is 0 Å². The van der Waals surface area contributed by atoms with Crippen LogP contribution in [0.4, 0.5) is 0 Å². The topological polar surface area (TPSA) is 99.3 Å². The summed E-state index contributed by atoms with van der Waals surface area (Å²) < 4.78 is 38.3. The summed E-state index contributed by atoms with van der Waals surface area (Å²) in [6.07, 6.45) is 0. The molecule has 0 aliphatic heterocycles. The lowest BCUT2D eigenvalue weighted by molar-refractivity contribution is 0.240. The molecule has 2 aromatic rings. The van der Waals surface area contributed by atoms with Crippen LogP contribution in [0.25, 0.3) is 0 Å². The molecule has 0 saturated carbocycles. The number of rotatable bonds is 10. The van der Waals surface area contributed by atoms with Gasteiger partial charge in [0.1, 0.15) is 4.08 Å². The van der Waals surface area contributed by atoms with E-state index in [1.54, 1.807) is 38.1 Å². The monoisotopic (exact) mass is 522 g/mol. The molecule has 0 spiro atoms. The second kappa shape index (κ2) is 11.5. The SMILES string of the molecule is Cc1ccc(S(=O)(=N[C@H](CO)C(C)C)C(C)(C)S(=O)(=N[C@H](CO)C(C)C)c2ccc(C)cc2)cc1. The predicted molar refractivity (Wildman–Crippen MR) is 146 cm³/mol. The first-order chi connectivity index (χ1) is 16.2. The van der Waals surface area contributed by atoms with Gasteiger partial charge in [0.2, 0.25) is 0 Å². The third-order valence-electron chi connectivity index (χ3n) is 6.49. The Morgan fingerprint density at radius 3 is 1.20 bits per heavy atom. The average molecular weight is 523 g/mol. The maximum Gasteiger partial charge on any atom is 0.140 e. The number of nitrogens with zero attached hydrogens (tertiary/aromatic N) is 2. The Bertz CT molecular complexity index is 1120. The van der Waals surface area contributed by atoms with Gasteiger partial charge in [-0.1, -0.05) is 63.1 Å². The molecule has 0 radical (unpaired) electrons. The number of aryl methyl sites for hydroxylation is 2. The lowest BCUT2D eigenvalue weighted by Crippen LogP contribution is -2.42. The van der Waals surface area contributed by atoms with Crippen molar-refractivity contribution >= 4 is 19.5 Å². The molecular formula is C27H42N2O4S2. The first kappa shape index (κ1) is 29.5. The van der Waals surface area contributed by atoms with Gasteiger partial charge >= 0.3 is 0 Å². The zero-order valence-corrected chi connectivity index (χ0v) is 23.9. The Balaban J connectivity index is 3.05. The molecule has 8 heteroatoms. The minimum absolute atomic E-state index is 0.0738. The molecule has 0 aliphatic rings. The van der Waals surface area contributed by atoms with E-state index >= 15 is 8.42 Å². The highest BCUT2D eigenvalue weighted by molar-refractivity contribution is 8.12. The molecule has 6 nitrogen and oxygen atoms in total. The fourth-order valence-corrected chi connectivity index (χ4v) is 9.99. The van der Waals surface area contributed by atoms with Gasteiger partial charge in [-0.3, -0.25) is 0 Å². The van der Waals surface area contributed by atoms with Crippen molar-refractivity contribution < 1.29 is 18.6 Å². The van der Waals surface area contributed by atoms with Gasteiger partial charge < -0.3 is 10.2 Å². The zero-order valence-electron chi connectivity index (χ0n) is 22.3. The molecule has 0 heterocycles. The number of hydrogen-bond donors (Lipinski definition) is 2. The maximum absolute atomic E-state index is 15.1. The molecule has 2 rings (SSSR count). The van der Waals surface area contributed by atoms with Crippen LogP contribution >= 0.6 is 0 Å². The zero-order chi connectivity index (χ0) is 26.6. The Labute approximate surface area is 212 Å². The van der Waals surface area contributed by atoms with E-state index in [0.29, 0.717) is 9.79 Å². The van der Waals surface area contributed by atoms with Crippen LogP contribution in [0.15, 0.2) is 67.0 Å². The van der Waals surface area contributed by atoms with Crippen molar-refractivity contribution in [3.05, 3.63) is 59.7 Å². The molecular weight excluding hydrogens is 480 g/mol. The average Bonchev–Trinajstić information content (AvgIpc) is 2.80. The summed E-state index contributed by atoms with van der Waals surface area (Å²) in [4.78, 5) is 0.902. The second-order valence-corrected chi connectivity index (χ2v) is 16.0. The molecule has 0 aliphatic carbocycles. The van der Waals surface area contributed by atoms with Crippen LogP contribution in [-0.4, -0.2) is 48.0 Å². The van der Waals surface area contributed by atoms with E-state index in [-0.39, 0.29) is 25.0 Å². The summed E-state index contributed by atoms with van der Waals surface area (Å²) >= 11 is 0. The summed E-state index contributed by atoms with van der Waals surface area (Å²) in [5, 5.41) is 20.2. The first-order valence-corrected chi connectivity index (χ1v) is 15.1.